The monoisotopic (exact) mass is 322 g/mol. The number of ether oxygens (including phenoxy) is 2. The molecule has 120 valence electrons. The van der Waals surface area contributed by atoms with Crippen LogP contribution in [0.3, 0.4) is 0 Å². The Bertz CT molecular complexity index is 954. The minimum absolute atomic E-state index is 0.182. The average Bonchev–Trinajstić information content (AvgIpc) is 2.60. The van der Waals surface area contributed by atoms with Crippen LogP contribution < -0.4 is 15.1 Å². The molecule has 3 rings (SSSR count). The zero-order valence-electron chi connectivity index (χ0n) is 12.9. The van der Waals surface area contributed by atoms with Gasteiger partial charge in [0.1, 0.15) is 5.58 Å². The Balaban J connectivity index is 1.87. The summed E-state index contributed by atoms with van der Waals surface area (Å²) in [6.45, 7) is 0. The Morgan fingerprint density at radius 3 is 2.58 bits per heavy atom. The highest BCUT2D eigenvalue weighted by Gasteiger charge is 2.11. The van der Waals surface area contributed by atoms with Crippen molar-refractivity contribution in [2.45, 2.75) is 0 Å². The maximum atomic E-state index is 12.0. The van der Waals surface area contributed by atoms with Gasteiger partial charge in [-0.25, -0.2) is 9.59 Å². The predicted molar refractivity (Wildman–Crippen MR) is 90.1 cm³/mol. The van der Waals surface area contributed by atoms with Crippen LogP contribution in [0, 0.1) is 0 Å². The molecular weight excluding hydrogens is 308 g/mol. The maximum Gasteiger partial charge on any atom is 0.336 e. The molecule has 0 bridgehead atoms. The summed E-state index contributed by atoms with van der Waals surface area (Å²) in [5, 5.41) is 0.672. The van der Waals surface area contributed by atoms with E-state index in [1.807, 2.05) is 30.3 Å². The molecule has 0 aliphatic heterocycles. The first-order valence-corrected chi connectivity index (χ1v) is 7.22. The molecule has 3 aromatic rings. The molecule has 0 fully saturated rings. The smallest absolute Gasteiger partial charge is 0.336 e. The zero-order chi connectivity index (χ0) is 16.9. The van der Waals surface area contributed by atoms with Crippen molar-refractivity contribution in [1.82, 2.24) is 0 Å². The van der Waals surface area contributed by atoms with Crippen LogP contribution >= 0.6 is 0 Å². The Morgan fingerprint density at radius 1 is 1.04 bits per heavy atom. The lowest BCUT2D eigenvalue weighted by Gasteiger charge is -2.08. The van der Waals surface area contributed by atoms with Gasteiger partial charge in [-0.2, -0.15) is 0 Å². The fourth-order valence-corrected chi connectivity index (χ4v) is 2.19. The molecule has 0 N–H and O–H groups in total. The van der Waals surface area contributed by atoms with Crippen LogP contribution in [0.15, 0.2) is 69.9 Å². The highest BCUT2D eigenvalue weighted by atomic mass is 16.6. The summed E-state index contributed by atoms with van der Waals surface area (Å²) < 4.78 is 15.6. The molecule has 0 atom stereocenters. The van der Waals surface area contributed by atoms with E-state index < -0.39 is 11.6 Å². The quantitative estimate of drug-likeness (QED) is 0.319. The minimum atomic E-state index is -0.560. The molecule has 0 radical (unpaired) electrons. The van der Waals surface area contributed by atoms with Gasteiger partial charge in [0.05, 0.1) is 7.11 Å². The summed E-state index contributed by atoms with van der Waals surface area (Å²) in [6.07, 6.45) is 2.97. The molecule has 24 heavy (non-hydrogen) atoms. The number of hydrogen-bond acceptors (Lipinski definition) is 5. The summed E-state index contributed by atoms with van der Waals surface area (Å²) in [5.74, 6) is -0.00495. The summed E-state index contributed by atoms with van der Waals surface area (Å²) in [7, 11) is 1.47. The Kier molecular flexibility index (Phi) is 4.43. The first kappa shape index (κ1) is 15.6. The molecule has 5 heteroatoms. The second kappa shape index (κ2) is 6.83. The highest BCUT2D eigenvalue weighted by molar-refractivity contribution is 5.90. The number of carbonyl (C=O) groups is 1. The van der Waals surface area contributed by atoms with Crippen LogP contribution in [-0.4, -0.2) is 13.1 Å². The molecule has 0 aliphatic rings. The minimum Gasteiger partial charge on any atom is -0.493 e. The second-order valence-corrected chi connectivity index (χ2v) is 4.96. The third-order valence-corrected chi connectivity index (χ3v) is 3.33. The average molecular weight is 322 g/mol. The van der Waals surface area contributed by atoms with Crippen molar-refractivity contribution < 1.29 is 18.7 Å². The van der Waals surface area contributed by atoms with Crippen LogP contribution in [0.25, 0.3) is 17.0 Å². The second-order valence-electron chi connectivity index (χ2n) is 4.96. The Labute approximate surface area is 137 Å². The maximum absolute atomic E-state index is 12.0. The van der Waals surface area contributed by atoms with Gasteiger partial charge in [-0.15, -0.1) is 0 Å². The van der Waals surface area contributed by atoms with Gasteiger partial charge < -0.3 is 13.9 Å². The highest BCUT2D eigenvalue weighted by Crippen LogP contribution is 2.32. The van der Waals surface area contributed by atoms with E-state index in [0.717, 1.165) is 5.56 Å². The summed E-state index contributed by atoms with van der Waals surface area (Å²) in [4.78, 5) is 23.3. The van der Waals surface area contributed by atoms with Crippen LogP contribution in [0.2, 0.25) is 0 Å². The van der Waals surface area contributed by atoms with E-state index in [1.165, 1.54) is 25.3 Å². The molecule has 1 aromatic heterocycles. The summed E-state index contributed by atoms with van der Waals surface area (Å²) >= 11 is 0. The number of hydrogen-bond donors (Lipinski definition) is 0. The van der Waals surface area contributed by atoms with Gasteiger partial charge in [-0.05, 0) is 23.8 Å². The molecule has 1 heterocycles. The fraction of sp³-hybridized carbons (Fsp3) is 0.0526. The van der Waals surface area contributed by atoms with Crippen LogP contribution in [0.1, 0.15) is 5.56 Å². The summed E-state index contributed by atoms with van der Waals surface area (Å²) in [6, 6.07) is 15.4. The summed E-state index contributed by atoms with van der Waals surface area (Å²) in [5.41, 5.74) is 0.720. The van der Waals surface area contributed by atoms with Crippen molar-refractivity contribution in [3.63, 3.8) is 0 Å². The van der Waals surface area contributed by atoms with Gasteiger partial charge >= 0.3 is 11.6 Å². The first-order chi connectivity index (χ1) is 11.7. The van der Waals surface area contributed by atoms with E-state index in [2.05, 4.69) is 0 Å². The lowest BCUT2D eigenvalue weighted by Crippen LogP contribution is -2.05. The molecule has 2 aromatic carbocycles. The SMILES string of the molecule is COc1cc2ccc(=O)oc2cc1OC(=O)/C=C/c1ccccc1. The first-order valence-electron chi connectivity index (χ1n) is 7.22. The van der Waals surface area contributed by atoms with Crippen molar-refractivity contribution in [1.29, 1.82) is 0 Å². The molecule has 0 aliphatic carbocycles. The van der Waals surface area contributed by atoms with E-state index in [4.69, 9.17) is 13.9 Å². The lowest BCUT2D eigenvalue weighted by atomic mass is 10.2. The van der Waals surface area contributed by atoms with Crippen LogP contribution in [-0.2, 0) is 4.79 Å². The number of rotatable bonds is 4. The van der Waals surface area contributed by atoms with Crippen molar-refractivity contribution in [2.24, 2.45) is 0 Å². The van der Waals surface area contributed by atoms with Crippen LogP contribution in [0.5, 0.6) is 11.5 Å². The van der Waals surface area contributed by atoms with Crippen LogP contribution in [0.4, 0.5) is 0 Å². The van der Waals surface area contributed by atoms with Gasteiger partial charge in [-0.1, -0.05) is 30.3 Å². The van der Waals surface area contributed by atoms with E-state index in [-0.39, 0.29) is 5.75 Å². The lowest BCUT2D eigenvalue weighted by molar-refractivity contribution is -0.129. The number of benzene rings is 2. The Hall–Kier alpha value is -3.34. The van der Waals surface area contributed by atoms with Gasteiger partial charge in [0, 0.05) is 23.6 Å². The molecule has 0 spiro atoms. The predicted octanol–water partition coefficient (Wildman–Crippen LogP) is 3.42. The van der Waals surface area contributed by atoms with E-state index >= 15 is 0 Å². The topological polar surface area (TPSA) is 65.7 Å². The van der Waals surface area contributed by atoms with Gasteiger partial charge in [-0.3, -0.25) is 0 Å². The third-order valence-electron chi connectivity index (χ3n) is 3.33. The van der Waals surface area contributed by atoms with Crippen molar-refractivity contribution in [2.75, 3.05) is 7.11 Å². The van der Waals surface area contributed by atoms with Crippen molar-refractivity contribution in [3.8, 4) is 11.5 Å². The van der Waals surface area contributed by atoms with Crippen molar-refractivity contribution in [3.05, 3.63) is 76.7 Å². The number of esters is 1. The molecule has 0 saturated carbocycles. The number of methoxy groups -OCH3 is 1. The van der Waals surface area contributed by atoms with Crippen molar-refractivity contribution >= 4 is 23.0 Å². The van der Waals surface area contributed by atoms with E-state index in [1.54, 1.807) is 18.2 Å². The third kappa shape index (κ3) is 3.52. The largest absolute Gasteiger partial charge is 0.493 e. The van der Waals surface area contributed by atoms with E-state index in [9.17, 15) is 9.59 Å². The van der Waals surface area contributed by atoms with Gasteiger partial charge in [0.15, 0.2) is 11.5 Å². The Morgan fingerprint density at radius 2 is 1.83 bits per heavy atom. The molecule has 0 saturated heterocycles. The molecular formula is C19H14O5. The standard InChI is InChI=1S/C19H14O5/c1-22-16-11-14-8-10-19(21)23-15(14)12-17(16)24-18(20)9-7-13-5-3-2-4-6-13/h2-12H,1H3/b9-7+. The normalized spacial score (nSPS) is 10.9. The molecule has 0 amide bonds. The number of fused-ring (bicyclic) bond motifs is 1. The number of carbonyl (C=O) groups excluding carboxylic acids is 1. The molecule has 0 unspecified atom stereocenters. The van der Waals surface area contributed by atoms with Gasteiger partial charge in [0.25, 0.3) is 0 Å². The van der Waals surface area contributed by atoms with E-state index in [0.29, 0.717) is 16.7 Å². The fourth-order valence-electron chi connectivity index (χ4n) is 2.19. The molecule has 5 nitrogen and oxygen atoms in total. The zero-order valence-corrected chi connectivity index (χ0v) is 12.9. The van der Waals surface area contributed by atoms with Gasteiger partial charge in [0.2, 0.25) is 0 Å².